The van der Waals surface area contributed by atoms with Gasteiger partial charge in [-0.3, -0.25) is 0 Å². The molecule has 0 saturated heterocycles. The van der Waals surface area contributed by atoms with Gasteiger partial charge in [0.05, 0.1) is 6.10 Å². The van der Waals surface area contributed by atoms with E-state index in [1.54, 1.807) is 0 Å². The first-order valence-corrected chi connectivity index (χ1v) is 6.94. The van der Waals surface area contributed by atoms with Crippen LogP contribution in [0.5, 0.6) is 0 Å². The van der Waals surface area contributed by atoms with E-state index >= 15 is 0 Å². The summed E-state index contributed by atoms with van der Waals surface area (Å²) in [7, 11) is 0. The van der Waals surface area contributed by atoms with E-state index in [-0.39, 0.29) is 24.5 Å². The number of halogens is 4. The number of benzene rings is 2. The van der Waals surface area contributed by atoms with Gasteiger partial charge in [0.2, 0.25) is 0 Å². The van der Waals surface area contributed by atoms with Crippen molar-refractivity contribution < 1.29 is 13.9 Å². The molecule has 1 atom stereocenters. The van der Waals surface area contributed by atoms with Crippen molar-refractivity contribution in [2.24, 2.45) is 0 Å². The SMILES string of the molecule is Cl.OC(CNCc1cccc(Br)c1)c1ccc(F)cc1F. The summed E-state index contributed by atoms with van der Waals surface area (Å²) in [6, 6.07) is 10.9. The van der Waals surface area contributed by atoms with Gasteiger partial charge in [0.25, 0.3) is 0 Å². The zero-order valence-electron chi connectivity index (χ0n) is 11.0. The smallest absolute Gasteiger partial charge is 0.131 e. The second kappa shape index (κ2) is 8.44. The lowest BCUT2D eigenvalue weighted by molar-refractivity contribution is 0.169. The van der Waals surface area contributed by atoms with Gasteiger partial charge in [-0.15, -0.1) is 12.4 Å². The van der Waals surface area contributed by atoms with Crippen molar-refractivity contribution in [1.82, 2.24) is 5.32 Å². The van der Waals surface area contributed by atoms with Gasteiger partial charge in [-0.25, -0.2) is 8.78 Å². The minimum Gasteiger partial charge on any atom is -0.387 e. The Morgan fingerprint density at radius 2 is 1.90 bits per heavy atom. The molecule has 2 rings (SSSR count). The van der Waals surface area contributed by atoms with Gasteiger partial charge in [0.1, 0.15) is 11.6 Å². The molecule has 0 aliphatic carbocycles. The van der Waals surface area contributed by atoms with Crippen LogP contribution in [-0.4, -0.2) is 11.7 Å². The Morgan fingerprint density at radius 1 is 1.14 bits per heavy atom. The molecule has 21 heavy (non-hydrogen) atoms. The van der Waals surface area contributed by atoms with E-state index in [0.717, 1.165) is 22.2 Å². The summed E-state index contributed by atoms with van der Waals surface area (Å²) in [6.45, 7) is 0.744. The molecule has 2 N–H and O–H groups in total. The molecule has 0 aliphatic heterocycles. The number of rotatable bonds is 5. The first-order chi connectivity index (χ1) is 9.56. The van der Waals surface area contributed by atoms with Gasteiger partial charge >= 0.3 is 0 Å². The Kier molecular flexibility index (Phi) is 7.25. The number of hydrogen-bond donors (Lipinski definition) is 2. The third kappa shape index (κ3) is 5.36. The molecule has 2 aromatic rings. The standard InChI is InChI=1S/C15H14BrF2NO.ClH/c16-11-3-1-2-10(6-11)8-19-9-15(20)13-5-4-12(17)7-14(13)18;/h1-7,15,19-20H,8-9H2;1H. The lowest BCUT2D eigenvalue weighted by Crippen LogP contribution is -2.21. The van der Waals surface area contributed by atoms with E-state index in [1.165, 1.54) is 6.07 Å². The molecule has 0 heterocycles. The van der Waals surface area contributed by atoms with Gasteiger partial charge in [0, 0.05) is 29.2 Å². The van der Waals surface area contributed by atoms with Crippen LogP contribution in [0.15, 0.2) is 46.9 Å². The van der Waals surface area contributed by atoms with E-state index in [0.29, 0.717) is 6.54 Å². The molecule has 0 radical (unpaired) electrons. The molecule has 2 aromatic carbocycles. The first kappa shape index (κ1) is 18.0. The van der Waals surface area contributed by atoms with Gasteiger partial charge in [-0.2, -0.15) is 0 Å². The van der Waals surface area contributed by atoms with Crippen molar-refractivity contribution in [3.8, 4) is 0 Å². The zero-order valence-corrected chi connectivity index (χ0v) is 13.4. The van der Waals surface area contributed by atoms with E-state index in [2.05, 4.69) is 21.2 Å². The highest BCUT2D eigenvalue weighted by atomic mass is 79.9. The van der Waals surface area contributed by atoms with Gasteiger partial charge in [-0.05, 0) is 23.8 Å². The summed E-state index contributed by atoms with van der Waals surface area (Å²) < 4.78 is 27.2. The third-order valence-corrected chi connectivity index (χ3v) is 3.37. The molecule has 0 aromatic heterocycles. The Balaban J connectivity index is 0.00000220. The summed E-state index contributed by atoms with van der Waals surface area (Å²) >= 11 is 3.37. The largest absolute Gasteiger partial charge is 0.387 e. The predicted molar refractivity (Wildman–Crippen MR) is 84.4 cm³/mol. The minimum absolute atomic E-state index is 0. The van der Waals surface area contributed by atoms with Crippen LogP contribution in [0.4, 0.5) is 8.78 Å². The molecular weight excluding hydrogens is 364 g/mol. The lowest BCUT2D eigenvalue weighted by Gasteiger charge is -2.13. The summed E-state index contributed by atoms with van der Waals surface area (Å²) in [6.07, 6.45) is -1.01. The normalized spacial score (nSPS) is 11.8. The van der Waals surface area contributed by atoms with Crippen LogP contribution >= 0.6 is 28.3 Å². The van der Waals surface area contributed by atoms with Gasteiger partial charge in [-0.1, -0.05) is 34.1 Å². The highest BCUT2D eigenvalue weighted by Gasteiger charge is 2.13. The maximum Gasteiger partial charge on any atom is 0.131 e. The first-order valence-electron chi connectivity index (χ1n) is 6.14. The molecule has 114 valence electrons. The van der Waals surface area contributed by atoms with E-state index in [4.69, 9.17) is 0 Å². The second-order valence-electron chi connectivity index (χ2n) is 4.44. The molecule has 6 heteroatoms. The van der Waals surface area contributed by atoms with Crippen molar-refractivity contribution in [3.63, 3.8) is 0 Å². The highest BCUT2D eigenvalue weighted by Crippen LogP contribution is 2.17. The molecule has 0 fully saturated rings. The molecule has 1 unspecified atom stereocenters. The van der Waals surface area contributed by atoms with E-state index in [1.807, 2.05) is 24.3 Å². The van der Waals surface area contributed by atoms with Crippen molar-refractivity contribution in [2.45, 2.75) is 12.6 Å². The summed E-state index contributed by atoms with van der Waals surface area (Å²) in [5.41, 5.74) is 1.14. The fourth-order valence-corrected chi connectivity index (χ4v) is 2.33. The molecule has 0 saturated carbocycles. The summed E-state index contributed by atoms with van der Waals surface area (Å²) in [5, 5.41) is 12.9. The minimum atomic E-state index is -1.01. The maximum atomic E-state index is 13.5. The lowest BCUT2D eigenvalue weighted by atomic mass is 10.1. The predicted octanol–water partition coefficient (Wildman–Crippen LogP) is 3.97. The molecular formula is C15H15BrClF2NO. The quantitative estimate of drug-likeness (QED) is 0.825. The van der Waals surface area contributed by atoms with Crippen molar-refractivity contribution in [3.05, 3.63) is 69.7 Å². The van der Waals surface area contributed by atoms with E-state index < -0.39 is 17.7 Å². The zero-order chi connectivity index (χ0) is 14.5. The van der Waals surface area contributed by atoms with Gasteiger partial charge < -0.3 is 10.4 Å². The van der Waals surface area contributed by atoms with Crippen LogP contribution in [0, 0.1) is 11.6 Å². The third-order valence-electron chi connectivity index (χ3n) is 2.88. The van der Waals surface area contributed by atoms with Crippen LogP contribution in [-0.2, 0) is 6.54 Å². The summed E-state index contributed by atoms with van der Waals surface area (Å²) in [4.78, 5) is 0. The Morgan fingerprint density at radius 3 is 2.57 bits per heavy atom. The number of nitrogens with one attached hydrogen (secondary N) is 1. The van der Waals surface area contributed by atoms with Crippen LogP contribution in [0.2, 0.25) is 0 Å². The van der Waals surface area contributed by atoms with Crippen molar-refractivity contribution in [1.29, 1.82) is 0 Å². The molecule has 0 bridgehead atoms. The number of aliphatic hydroxyl groups is 1. The molecule has 0 spiro atoms. The van der Waals surface area contributed by atoms with Crippen LogP contribution in [0.1, 0.15) is 17.2 Å². The van der Waals surface area contributed by atoms with Gasteiger partial charge in [0.15, 0.2) is 0 Å². The topological polar surface area (TPSA) is 32.3 Å². The average Bonchev–Trinajstić information content (AvgIpc) is 2.38. The average molecular weight is 379 g/mol. The number of hydrogen-bond acceptors (Lipinski definition) is 2. The fourth-order valence-electron chi connectivity index (χ4n) is 1.88. The van der Waals surface area contributed by atoms with Crippen LogP contribution < -0.4 is 5.32 Å². The summed E-state index contributed by atoms with van der Waals surface area (Å²) in [5.74, 6) is -1.39. The van der Waals surface area contributed by atoms with Crippen LogP contribution in [0.25, 0.3) is 0 Å². The number of aliphatic hydroxyl groups excluding tert-OH is 1. The molecule has 0 amide bonds. The van der Waals surface area contributed by atoms with Crippen molar-refractivity contribution in [2.75, 3.05) is 6.54 Å². The molecule has 2 nitrogen and oxygen atoms in total. The monoisotopic (exact) mass is 377 g/mol. The highest BCUT2D eigenvalue weighted by molar-refractivity contribution is 9.10. The maximum absolute atomic E-state index is 13.5. The fraction of sp³-hybridized carbons (Fsp3) is 0.200. The van der Waals surface area contributed by atoms with Crippen LogP contribution in [0.3, 0.4) is 0 Å². The Bertz CT molecular complexity index is 598. The second-order valence-corrected chi connectivity index (χ2v) is 5.36. The Hall–Kier alpha value is -1.01. The Labute approximate surface area is 136 Å². The van der Waals surface area contributed by atoms with Crippen molar-refractivity contribution >= 4 is 28.3 Å². The van der Waals surface area contributed by atoms with E-state index in [9.17, 15) is 13.9 Å². The molecule has 0 aliphatic rings.